The van der Waals surface area contributed by atoms with Crippen molar-refractivity contribution in [3.05, 3.63) is 10.8 Å². The SMILES string of the molecule is C=N/C=C(/Br)N=C. The molecule has 38 valence electrons. The maximum Gasteiger partial charge on any atom is 0.123 e. The fourth-order valence-corrected chi connectivity index (χ4v) is 0.261. The number of hydrogen-bond donors (Lipinski definition) is 0. The molecule has 0 aliphatic rings. The molecule has 3 heteroatoms. The summed E-state index contributed by atoms with van der Waals surface area (Å²) in [5, 5.41) is 0. The van der Waals surface area contributed by atoms with Crippen molar-refractivity contribution >= 4 is 29.4 Å². The summed E-state index contributed by atoms with van der Waals surface area (Å²) in [7, 11) is 0. The second kappa shape index (κ2) is 3.74. The van der Waals surface area contributed by atoms with Gasteiger partial charge in [-0.15, -0.1) is 0 Å². The van der Waals surface area contributed by atoms with E-state index in [1.807, 2.05) is 0 Å². The van der Waals surface area contributed by atoms with E-state index in [-0.39, 0.29) is 0 Å². The van der Waals surface area contributed by atoms with Gasteiger partial charge in [0.05, 0.1) is 6.20 Å². The third kappa shape index (κ3) is 3.39. The van der Waals surface area contributed by atoms with Crippen LogP contribution in [0, 0.1) is 0 Å². The molecule has 7 heavy (non-hydrogen) atoms. The predicted octanol–water partition coefficient (Wildman–Crippen LogP) is 1.58. The van der Waals surface area contributed by atoms with Gasteiger partial charge in [-0.25, -0.2) is 0 Å². The lowest BCUT2D eigenvalue weighted by atomic mass is 10.9. The maximum absolute atomic E-state index is 3.47. The lowest BCUT2D eigenvalue weighted by Gasteiger charge is -1.77. The number of halogens is 1. The molecule has 0 N–H and O–H groups in total. The van der Waals surface area contributed by atoms with Crippen LogP contribution in [0.5, 0.6) is 0 Å². The molecule has 0 bridgehead atoms. The summed E-state index contributed by atoms with van der Waals surface area (Å²) in [4.78, 5) is 6.89. The minimum atomic E-state index is 0.600. The van der Waals surface area contributed by atoms with E-state index in [0.29, 0.717) is 4.61 Å². The van der Waals surface area contributed by atoms with Crippen molar-refractivity contribution < 1.29 is 0 Å². The molecule has 0 aliphatic heterocycles. The molecule has 0 amide bonds. The molecule has 0 heterocycles. The van der Waals surface area contributed by atoms with Crippen LogP contribution in [0.15, 0.2) is 20.8 Å². The van der Waals surface area contributed by atoms with Crippen molar-refractivity contribution in [1.29, 1.82) is 0 Å². The monoisotopic (exact) mass is 160 g/mol. The number of nitrogens with zero attached hydrogens (tertiary/aromatic N) is 2. The van der Waals surface area contributed by atoms with Crippen molar-refractivity contribution in [2.24, 2.45) is 9.98 Å². The average molecular weight is 161 g/mol. The highest BCUT2D eigenvalue weighted by Crippen LogP contribution is 2.02. The van der Waals surface area contributed by atoms with Gasteiger partial charge in [0.15, 0.2) is 0 Å². The zero-order valence-corrected chi connectivity index (χ0v) is 5.35. The molecule has 0 spiro atoms. The minimum Gasteiger partial charge on any atom is -0.270 e. The Labute approximate surface area is 50.8 Å². The quantitative estimate of drug-likeness (QED) is 0.433. The molecule has 0 unspecified atom stereocenters. The second-order valence-corrected chi connectivity index (χ2v) is 1.60. The Hall–Kier alpha value is -0.440. The van der Waals surface area contributed by atoms with Crippen LogP contribution >= 0.6 is 15.9 Å². The third-order valence-electron chi connectivity index (χ3n) is 0.349. The minimum absolute atomic E-state index is 0.600. The Balaban J connectivity index is 3.72. The van der Waals surface area contributed by atoms with Gasteiger partial charge in [0, 0.05) is 0 Å². The van der Waals surface area contributed by atoms with Crippen LogP contribution < -0.4 is 0 Å². The zero-order chi connectivity index (χ0) is 5.70. The van der Waals surface area contributed by atoms with Gasteiger partial charge < -0.3 is 0 Å². The molecular formula is C4H5BrN2. The first-order valence-corrected chi connectivity index (χ1v) is 2.38. The van der Waals surface area contributed by atoms with Crippen LogP contribution in [-0.2, 0) is 0 Å². The van der Waals surface area contributed by atoms with Gasteiger partial charge in [-0.05, 0) is 29.4 Å². The van der Waals surface area contributed by atoms with Gasteiger partial charge in [-0.1, -0.05) is 0 Å². The van der Waals surface area contributed by atoms with Crippen molar-refractivity contribution in [3.63, 3.8) is 0 Å². The Morgan fingerprint density at radius 2 is 2.14 bits per heavy atom. The number of hydrogen-bond acceptors (Lipinski definition) is 2. The first kappa shape index (κ1) is 6.56. The summed E-state index contributed by atoms with van der Waals surface area (Å²) in [6.45, 7) is 6.43. The first-order valence-electron chi connectivity index (χ1n) is 1.59. The molecular weight excluding hydrogens is 156 g/mol. The smallest absolute Gasteiger partial charge is 0.123 e. The Morgan fingerprint density at radius 3 is 2.29 bits per heavy atom. The Bertz CT molecular complexity index is 106. The van der Waals surface area contributed by atoms with Gasteiger partial charge in [0.2, 0.25) is 0 Å². The van der Waals surface area contributed by atoms with Crippen LogP contribution in [0.25, 0.3) is 0 Å². The van der Waals surface area contributed by atoms with Crippen molar-refractivity contribution in [1.82, 2.24) is 0 Å². The van der Waals surface area contributed by atoms with E-state index in [1.54, 1.807) is 0 Å². The summed E-state index contributed by atoms with van der Waals surface area (Å²) in [6, 6.07) is 0. The lowest BCUT2D eigenvalue weighted by Crippen LogP contribution is -1.54. The lowest BCUT2D eigenvalue weighted by molar-refractivity contribution is 1.49. The standard InChI is InChI=1S/C4H5BrN2/c1-6-3-4(5)7-2/h3H,1-2H2/b4-3-. The molecule has 0 radical (unpaired) electrons. The molecule has 0 aromatic carbocycles. The highest BCUT2D eigenvalue weighted by Gasteiger charge is 1.74. The molecule has 0 atom stereocenters. The van der Waals surface area contributed by atoms with Crippen molar-refractivity contribution in [2.45, 2.75) is 0 Å². The molecule has 0 saturated carbocycles. The van der Waals surface area contributed by atoms with Gasteiger partial charge >= 0.3 is 0 Å². The van der Waals surface area contributed by atoms with Gasteiger partial charge in [-0.2, -0.15) is 0 Å². The molecule has 0 saturated heterocycles. The highest BCUT2D eigenvalue weighted by atomic mass is 79.9. The Morgan fingerprint density at radius 1 is 1.57 bits per heavy atom. The van der Waals surface area contributed by atoms with E-state index in [9.17, 15) is 0 Å². The summed E-state index contributed by atoms with van der Waals surface area (Å²) in [5.41, 5.74) is 0. The normalized spacial score (nSPS) is 10.7. The third-order valence-corrected chi connectivity index (χ3v) is 0.804. The molecule has 0 aliphatic carbocycles. The van der Waals surface area contributed by atoms with Gasteiger partial charge in [0.25, 0.3) is 0 Å². The first-order chi connectivity index (χ1) is 3.31. The molecule has 0 rings (SSSR count). The zero-order valence-electron chi connectivity index (χ0n) is 3.76. The van der Waals surface area contributed by atoms with Crippen LogP contribution in [-0.4, -0.2) is 13.4 Å². The summed E-state index contributed by atoms with van der Waals surface area (Å²) in [5.74, 6) is 0. The maximum atomic E-state index is 3.47. The van der Waals surface area contributed by atoms with Gasteiger partial charge in [-0.3, -0.25) is 9.98 Å². The Kier molecular flexibility index (Phi) is 3.50. The van der Waals surface area contributed by atoms with E-state index in [1.165, 1.54) is 6.20 Å². The van der Waals surface area contributed by atoms with E-state index < -0.39 is 0 Å². The summed E-state index contributed by atoms with van der Waals surface area (Å²) >= 11 is 3.04. The van der Waals surface area contributed by atoms with Crippen LogP contribution in [0.4, 0.5) is 0 Å². The van der Waals surface area contributed by atoms with E-state index in [4.69, 9.17) is 0 Å². The van der Waals surface area contributed by atoms with Crippen molar-refractivity contribution in [3.8, 4) is 0 Å². The van der Waals surface area contributed by atoms with E-state index in [2.05, 4.69) is 39.3 Å². The largest absolute Gasteiger partial charge is 0.270 e. The fourth-order valence-electron chi connectivity index (χ4n) is 0.116. The van der Waals surface area contributed by atoms with Crippen LogP contribution in [0.1, 0.15) is 0 Å². The fraction of sp³-hybridized carbons (Fsp3) is 0. The van der Waals surface area contributed by atoms with Crippen molar-refractivity contribution in [2.75, 3.05) is 0 Å². The predicted molar refractivity (Wildman–Crippen MR) is 36.1 cm³/mol. The van der Waals surface area contributed by atoms with Crippen LogP contribution in [0.2, 0.25) is 0 Å². The number of rotatable bonds is 2. The van der Waals surface area contributed by atoms with Gasteiger partial charge in [0.1, 0.15) is 4.61 Å². The van der Waals surface area contributed by atoms with E-state index in [0.717, 1.165) is 0 Å². The second-order valence-electron chi connectivity index (χ2n) is 0.793. The molecule has 0 fully saturated rings. The summed E-state index contributed by atoms with van der Waals surface area (Å²) in [6.07, 6.45) is 1.47. The molecule has 0 aromatic heterocycles. The van der Waals surface area contributed by atoms with E-state index >= 15 is 0 Å². The summed E-state index contributed by atoms with van der Waals surface area (Å²) < 4.78 is 0.600. The molecule has 0 aromatic rings. The topological polar surface area (TPSA) is 24.7 Å². The highest BCUT2D eigenvalue weighted by molar-refractivity contribution is 9.11. The molecule has 2 nitrogen and oxygen atoms in total. The van der Waals surface area contributed by atoms with Crippen LogP contribution in [0.3, 0.4) is 0 Å². The number of aliphatic imine (C=N–C) groups is 2. The average Bonchev–Trinajstić information content (AvgIpc) is 1.68.